The van der Waals surface area contributed by atoms with Gasteiger partial charge in [0.05, 0.1) is 18.4 Å². The van der Waals surface area contributed by atoms with Gasteiger partial charge in [-0.3, -0.25) is 0 Å². The number of aromatic nitrogens is 4. The third-order valence-corrected chi connectivity index (χ3v) is 8.33. The summed E-state index contributed by atoms with van der Waals surface area (Å²) in [5.41, 5.74) is 2.77. The maximum absolute atomic E-state index is 11.8. The number of rotatable bonds is 8. The molecule has 0 bridgehead atoms. The molecule has 1 saturated heterocycles. The summed E-state index contributed by atoms with van der Waals surface area (Å²) in [4.78, 5) is 26.5. The number of anilines is 3. The number of sulfone groups is 1. The summed E-state index contributed by atoms with van der Waals surface area (Å²) in [7, 11) is -1.43. The molecule has 204 valence electrons. The smallest absolute Gasteiger partial charge is 0.323 e. The molecular formula is C27H31N7O4S. The molecule has 3 aromatic heterocycles. The molecular weight excluding hydrogens is 518 g/mol. The highest BCUT2D eigenvalue weighted by Crippen LogP contribution is 2.39. The van der Waals surface area contributed by atoms with Crippen LogP contribution in [0.15, 0.2) is 48.9 Å². The summed E-state index contributed by atoms with van der Waals surface area (Å²) in [6.45, 7) is 7.04. The van der Waals surface area contributed by atoms with Crippen LogP contribution in [-0.4, -0.2) is 57.5 Å². The maximum atomic E-state index is 11.8. The van der Waals surface area contributed by atoms with Gasteiger partial charge in [-0.25, -0.2) is 27.9 Å². The van der Waals surface area contributed by atoms with Gasteiger partial charge in [-0.2, -0.15) is 0 Å². The Morgan fingerprint density at radius 3 is 2.56 bits per heavy atom. The number of aryl methyl sites for hydroxylation is 1. The Morgan fingerprint density at radius 1 is 1.15 bits per heavy atom. The number of pyridine rings is 1. The summed E-state index contributed by atoms with van der Waals surface area (Å²) >= 11 is 0. The Bertz CT molecular complexity index is 1680. The Balaban J connectivity index is 1.45. The SMILES string of the molecule is CC(C)c1ccc(N2C[C@H](CS(C)(=O)=O)[C@H]2C)c2cnc(Nc3ccnc(-c4cc([N+](=O)[O-])n(C)c4)n3)cc12. The van der Waals surface area contributed by atoms with Crippen LogP contribution in [0.4, 0.5) is 23.1 Å². The van der Waals surface area contributed by atoms with Gasteiger partial charge in [0.2, 0.25) is 0 Å². The molecule has 2 atom stereocenters. The molecule has 12 heteroatoms. The number of hydrogen-bond donors (Lipinski definition) is 1. The first-order valence-corrected chi connectivity index (χ1v) is 14.8. The van der Waals surface area contributed by atoms with Crippen molar-refractivity contribution in [3.63, 3.8) is 0 Å². The monoisotopic (exact) mass is 549 g/mol. The lowest BCUT2D eigenvalue weighted by Gasteiger charge is -2.48. The van der Waals surface area contributed by atoms with Gasteiger partial charge >= 0.3 is 5.82 Å². The minimum absolute atomic E-state index is 0.0423. The second-order valence-electron chi connectivity index (χ2n) is 10.5. The Labute approximate surface area is 227 Å². The zero-order valence-electron chi connectivity index (χ0n) is 22.5. The van der Waals surface area contributed by atoms with Gasteiger partial charge in [-0.15, -0.1) is 0 Å². The lowest BCUT2D eigenvalue weighted by atomic mass is 9.88. The van der Waals surface area contributed by atoms with E-state index in [1.807, 2.05) is 12.3 Å². The van der Waals surface area contributed by atoms with Crippen LogP contribution >= 0.6 is 0 Å². The van der Waals surface area contributed by atoms with Crippen LogP contribution in [0, 0.1) is 16.0 Å². The Kier molecular flexibility index (Phi) is 6.75. The highest BCUT2D eigenvalue weighted by molar-refractivity contribution is 7.90. The van der Waals surface area contributed by atoms with Crippen molar-refractivity contribution in [2.24, 2.45) is 13.0 Å². The van der Waals surface area contributed by atoms with E-state index in [0.29, 0.717) is 29.6 Å². The average molecular weight is 550 g/mol. The average Bonchev–Trinajstić information content (AvgIpc) is 3.27. The number of benzene rings is 1. The van der Waals surface area contributed by atoms with Crippen molar-refractivity contribution < 1.29 is 13.3 Å². The van der Waals surface area contributed by atoms with Crippen LogP contribution in [0.2, 0.25) is 0 Å². The number of nitro groups is 1. The number of nitrogens with zero attached hydrogens (tertiary/aromatic N) is 6. The minimum Gasteiger partial charge on any atom is -0.368 e. The second kappa shape index (κ2) is 9.92. The zero-order chi connectivity index (χ0) is 28.1. The van der Waals surface area contributed by atoms with E-state index in [1.165, 1.54) is 22.5 Å². The molecule has 1 aliphatic heterocycles. The minimum atomic E-state index is -3.03. The number of nitrogens with one attached hydrogen (secondary N) is 1. The van der Waals surface area contributed by atoms with Gasteiger partial charge < -0.3 is 20.3 Å². The van der Waals surface area contributed by atoms with Crippen molar-refractivity contribution in [3.05, 3.63) is 64.6 Å². The molecule has 0 amide bonds. The van der Waals surface area contributed by atoms with Gasteiger partial charge in [0, 0.05) is 54.3 Å². The lowest BCUT2D eigenvalue weighted by molar-refractivity contribution is -0.391. The zero-order valence-corrected chi connectivity index (χ0v) is 23.3. The lowest BCUT2D eigenvalue weighted by Crippen LogP contribution is -2.57. The molecule has 0 spiro atoms. The van der Waals surface area contributed by atoms with Crippen LogP contribution in [0.5, 0.6) is 0 Å². The third kappa shape index (κ3) is 5.29. The van der Waals surface area contributed by atoms with Crippen LogP contribution in [0.25, 0.3) is 22.2 Å². The van der Waals surface area contributed by atoms with Crippen molar-refractivity contribution in [2.75, 3.05) is 28.8 Å². The molecule has 0 aliphatic carbocycles. The van der Waals surface area contributed by atoms with Gasteiger partial charge in [0.1, 0.15) is 27.7 Å². The highest BCUT2D eigenvalue weighted by atomic mass is 32.2. The molecule has 1 aromatic carbocycles. The molecule has 0 unspecified atom stereocenters. The molecule has 1 fully saturated rings. The largest absolute Gasteiger partial charge is 0.368 e. The van der Waals surface area contributed by atoms with Gasteiger partial charge in [0.15, 0.2) is 5.82 Å². The summed E-state index contributed by atoms with van der Waals surface area (Å²) in [5.74, 6) is 2.02. The standard InChI is InChI=1S/C27H31N7O4S/c1-16(2)20-6-7-23(33-14-19(17(33)3)15-39(5,37)38)22-12-29-25(11-21(20)22)30-24-8-9-28-27(31-24)18-10-26(34(35)36)32(4)13-18/h6-13,16-17,19H,14-15H2,1-5H3,(H,28,29,30,31)/t17-,19-/m1/s1. The fourth-order valence-electron chi connectivity index (χ4n) is 5.21. The van der Waals surface area contributed by atoms with E-state index in [1.54, 1.807) is 25.5 Å². The predicted molar refractivity (Wildman–Crippen MR) is 152 cm³/mol. The molecule has 1 N–H and O–H groups in total. The second-order valence-corrected chi connectivity index (χ2v) is 12.7. The summed E-state index contributed by atoms with van der Waals surface area (Å²) in [6.07, 6.45) is 6.36. The van der Waals surface area contributed by atoms with Crippen LogP contribution in [-0.2, 0) is 16.9 Å². The van der Waals surface area contributed by atoms with E-state index < -0.39 is 14.8 Å². The normalized spacial score (nSPS) is 17.4. The van der Waals surface area contributed by atoms with Crippen molar-refractivity contribution in [2.45, 2.75) is 32.7 Å². The summed E-state index contributed by atoms with van der Waals surface area (Å²) in [6, 6.07) is 9.52. The van der Waals surface area contributed by atoms with Crippen LogP contribution in [0.3, 0.4) is 0 Å². The van der Waals surface area contributed by atoms with E-state index in [0.717, 1.165) is 16.5 Å². The quantitative estimate of drug-likeness (QED) is 0.245. The van der Waals surface area contributed by atoms with Crippen LogP contribution in [0.1, 0.15) is 32.3 Å². The molecule has 4 aromatic rings. The predicted octanol–water partition coefficient (Wildman–Crippen LogP) is 4.67. The Morgan fingerprint density at radius 2 is 1.92 bits per heavy atom. The molecule has 0 saturated carbocycles. The van der Waals surface area contributed by atoms with E-state index in [-0.39, 0.29) is 29.4 Å². The summed E-state index contributed by atoms with van der Waals surface area (Å²) < 4.78 is 25.1. The van der Waals surface area contributed by atoms with Gasteiger partial charge in [-0.1, -0.05) is 19.9 Å². The molecule has 11 nitrogen and oxygen atoms in total. The van der Waals surface area contributed by atoms with E-state index in [2.05, 4.69) is 58.1 Å². The highest BCUT2D eigenvalue weighted by Gasteiger charge is 2.38. The van der Waals surface area contributed by atoms with E-state index in [9.17, 15) is 18.5 Å². The molecule has 4 heterocycles. The van der Waals surface area contributed by atoms with Crippen LogP contribution < -0.4 is 10.2 Å². The summed E-state index contributed by atoms with van der Waals surface area (Å²) in [5, 5.41) is 16.6. The molecule has 39 heavy (non-hydrogen) atoms. The fraction of sp³-hybridized carbons (Fsp3) is 0.370. The number of fused-ring (bicyclic) bond motifs is 1. The number of hydrogen-bond acceptors (Lipinski definition) is 9. The topological polar surface area (TPSA) is 136 Å². The van der Waals surface area contributed by atoms with Crippen molar-refractivity contribution in [3.8, 4) is 11.4 Å². The van der Waals surface area contributed by atoms with E-state index >= 15 is 0 Å². The molecule has 1 aliphatic rings. The first-order chi connectivity index (χ1) is 18.4. The molecule has 5 rings (SSSR count). The first-order valence-electron chi connectivity index (χ1n) is 12.7. The van der Waals surface area contributed by atoms with E-state index in [4.69, 9.17) is 0 Å². The van der Waals surface area contributed by atoms with Gasteiger partial charge in [-0.05, 0) is 46.9 Å². The maximum Gasteiger partial charge on any atom is 0.323 e. The van der Waals surface area contributed by atoms with Gasteiger partial charge in [0.25, 0.3) is 0 Å². The van der Waals surface area contributed by atoms with Crippen molar-refractivity contribution in [1.29, 1.82) is 0 Å². The Hall–Kier alpha value is -4.06. The first kappa shape index (κ1) is 26.5. The van der Waals surface area contributed by atoms with Crippen molar-refractivity contribution >= 4 is 43.8 Å². The fourth-order valence-corrected chi connectivity index (χ4v) is 6.37. The molecule has 0 radical (unpaired) electrons. The van der Waals surface area contributed by atoms with Crippen molar-refractivity contribution in [1.82, 2.24) is 19.5 Å². The third-order valence-electron chi connectivity index (χ3n) is 7.30.